The van der Waals surface area contributed by atoms with Gasteiger partial charge in [0.1, 0.15) is 6.33 Å². The number of nitrogens with one attached hydrogen (secondary N) is 1. The van der Waals surface area contributed by atoms with Gasteiger partial charge in [-0.05, 0) is 54.5 Å². The molecule has 1 aromatic carbocycles. The molecule has 0 radical (unpaired) electrons. The van der Waals surface area contributed by atoms with Crippen LogP contribution in [0, 0.1) is 0 Å². The van der Waals surface area contributed by atoms with Crippen molar-refractivity contribution in [3.05, 3.63) is 36.2 Å². The summed E-state index contributed by atoms with van der Waals surface area (Å²) in [7, 11) is 0. The van der Waals surface area contributed by atoms with Crippen molar-refractivity contribution in [3.63, 3.8) is 0 Å². The summed E-state index contributed by atoms with van der Waals surface area (Å²) in [4.78, 5) is 24.2. The number of nitrogens with zero attached hydrogens (tertiary/aromatic N) is 4. The van der Waals surface area contributed by atoms with Crippen LogP contribution < -0.4 is 5.32 Å². The molecule has 3 rings (SSSR count). The van der Waals surface area contributed by atoms with Crippen LogP contribution in [0.5, 0.6) is 0 Å². The Kier molecular flexibility index (Phi) is 4.83. The Bertz CT molecular complexity index is 693. The highest BCUT2D eigenvalue weighted by Crippen LogP contribution is 2.18. The average molecular weight is 329 g/mol. The monoisotopic (exact) mass is 329 g/mol. The Labute approximate surface area is 139 Å². The summed E-state index contributed by atoms with van der Waals surface area (Å²) >= 11 is 0. The van der Waals surface area contributed by atoms with E-state index in [4.69, 9.17) is 4.74 Å². The van der Waals surface area contributed by atoms with E-state index >= 15 is 0 Å². The van der Waals surface area contributed by atoms with E-state index in [0.29, 0.717) is 5.56 Å². The summed E-state index contributed by atoms with van der Waals surface area (Å²) < 4.78 is 6.72. The zero-order chi connectivity index (χ0) is 16.9. The number of rotatable bonds is 5. The molecule has 1 aliphatic rings. The Balaban J connectivity index is 1.56. The molecule has 8 nitrogen and oxygen atoms in total. The third kappa shape index (κ3) is 3.76. The first kappa shape index (κ1) is 16.1. The van der Waals surface area contributed by atoms with E-state index in [-0.39, 0.29) is 11.9 Å². The molecular weight excluding hydrogens is 310 g/mol. The summed E-state index contributed by atoms with van der Waals surface area (Å²) in [6.45, 7) is 1.58. The first-order valence-corrected chi connectivity index (χ1v) is 7.98. The number of esters is 1. The highest BCUT2D eigenvalue weighted by molar-refractivity contribution is 5.92. The Morgan fingerprint density at radius 2 is 1.96 bits per heavy atom. The number of carbonyl (C=O) groups excluding carboxylic acids is 2. The Morgan fingerprint density at radius 3 is 2.58 bits per heavy atom. The lowest BCUT2D eigenvalue weighted by Crippen LogP contribution is -2.40. The highest BCUT2D eigenvalue weighted by Gasteiger charge is 2.23. The molecule has 0 aliphatic heterocycles. The van der Waals surface area contributed by atoms with Crippen molar-refractivity contribution in [1.29, 1.82) is 0 Å². The quantitative estimate of drug-likeness (QED) is 0.829. The van der Waals surface area contributed by atoms with Gasteiger partial charge < -0.3 is 10.1 Å². The first-order valence-electron chi connectivity index (χ1n) is 7.98. The van der Waals surface area contributed by atoms with Crippen molar-refractivity contribution < 1.29 is 14.3 Å². The van der Waals surface area contributed by atoms with E-state index in [1.807, 2.05) is 0 Å². The summed E-state index contributed by atoms with van der Waals surface area (Å²) in [6, 6.07) is 6.84. The fraction of sp³-hybridized carbons (Fsp3) is 0.438. The largest absolute Gasteiger partial charge is 0.449 e. The summed E-state index contributed by atoms with van der Waals surface area (Å²) in [5, 5.41) is 13.8. The third-order valence-electron chi connectivity index (χ3n) is 4.07. The second-order valence-electron chi connectivity index (χ2n) is 5.84. The van der Waals surface area contributed by atoms with Crippen molar-refractivity contribution in [2.24, 2.45) is 0 Å². The predicted molar refractivity (Wildman–Crippen MR) is 84.4 cm³/mol. The topological polar surface area (TPSA) is 99.0 Å². The molecule has 1 fully saturated rings. The van der Waals surface area contributed by atoms with Gasteiger partial charge in [-0.15, -0.1) is 5.10 Å². The van der Waals surface area contributed by atoms with Gasteiger partial charge in [-0.1, -0.05) is 12.8 Å². The van der Waals surface area contributed by atoms with Gasteiger partial charge >= 0.3 is 5.97 Å². The van der Waals surface area contributed by atoms with Crippen LogP contribution in [0.3, 0.4) is 0 Å². The molecule has 1 aromatic heterocycles. The average Bonchev–Trinajstić information content (AvgIpc) is 3.28. The first-order chi connectivity index (χ1) is 11.6. The van der Waals surface area contributed by atoms with E-state index in [1.165, 1.54) is 11.0 Å². The van der Waals surface area contributed by atoms with Crippen LogP contribution in [-0.2, 0) is 9.53 Å². The number of ether oxygens (including phenoxy) is 1. The van der Waals surface area contributed by atoms with Gasteiger partial charge in [0.15, 0.2) is 6.10 Å². The minimum Gasteiger partial charge on any atom is -0.449 e. The number of amides is 1. The number of hydrogen-bond donors (Lipinski definition) is 1. The van der Waals surface area contributed by atoms with E-state index < -0.39 is 12.1 Å². The third-order valence-corrected chi connectivity index (χ3v) is 4.07. The lowest BCUT2D eigenvalue weighted by molar-refractivity contribution is -0.129. The van der Waals surface area contributed by atoms with Crippen LogP contribution in [0.1, 0.15) is 43.0 Å². The lowest BCUT2D eigenvalue weighted by Gasteiger charge is -2.17. The number of tetrazole rings is 1. The van der Waals surface area contributed by atoms with Crippen LogP contribution >= 0.6 is 0 Å². The van der Waals surface area contributed by atoms with E-state index in [9.17, 15) is 9.59 Å². The molecule has 8 heteroatoms. The van der Waals surface area contributed by atoms with Crippen molar-refractivity contribution >= 4 is 11.9 Å². The van der Waals surface area contributed by atoms with Crippen LogP contribution in [-0.4, -0.2) is 44.2 Å². The van der Waals surface area contributed by atoms with Gasteiger partial charge in [0.05, 0.1) is 11.3 Å². The zero-order valence-electron chi connectivity index (χ0n) is 13.4. The molecule has 1 amide bonds. The van der Waals surface area contributed by atoms with Gasteiger partial charge in [0.2, 0.25) is 0 Å². The molecular formula is C16H19N5O3. The van der Waals surface area contributed by atoms with Crippen LogP contribution in [0.15, 0.2) is 30.6 Å². The molecule has 126 valence electrons. The Hall–Kier alpha value is -2.77. The second kappa shape index (κ2) is 7.20. The summed E-state index contributed by atoms with van der Waals surface area (Å²) in [5.74, 6) is -0.784. The minimum absolute atomic E-state index is 0.203. The molecule has 2 aromatic rings. The maximum Gasteiger partial charge on any atom is 0.338 e. The van der Waals surface area contributed by atoms with Gasteiger partial charge in [-0.3, -0.25) is 4.79 Å². The van der Waals surface area contributed by atoms with Crippen molar-refractivity contribution in [3.8, 4) is 5.69 Å². The van der Waals surface area contributed by atoms with Crippen LogP contribution in [0.25, 0.3) is 5.69 Å². The van der Waals surface area contributed by atoms with E-state index in [0.717, 1.165) is 31.4 Å². The van der Waals surface area contributed by atoms with Crippen molar-refractivity contribution in [2.75, 3.05) is 0 Å². The molecule has 0 unspecified atom stereocenters. The summed E-state index contributed by atoms with van der Waals surface area (Å²) in [6.07, 6.45) is 4.88. The molecule has 1 aliphatic carbocycles. The lowest BCUT2D eigenvalue weighted by atomic mass is 10.2. The summed E-state index contributed by atoms with van der Waals surface area (Å²) in [5.41, 5.74) is 1.09. The molecule has 1 N–H and O–H groups in total. The van der Waals surface area contributed by atoms with Crippen molar-refractivity contribution in [2.45, 2.75) is 44.8 Å². The zero-order valence-corrected chi connectivity index (χ0v) is 13.4. The number of hydrogen-bond acceptors (Lipinski definition) is 6. The SMILES string of the molecule is C[C@H](OC(=O)c1ccc(-n2cnnn2)cc1)C(=O)NC1CCCC1. The van der Waals surface area contributed by atoms with Gasteiger partial charge in [0.25, 0.3) is 5.91 Å². The molecule has 0 saturated heterocycles. The van der Waals surface area contributed by atoms with E-state index in [2.05, 4.69) is 20.8 Å². The van der Waals surface area contributed by atoms with Crippen molar-refractivity contribution in [1.82, 2.24) is 25.5 Å². The molecule has 1 saturated carbocycles. The van der Waals surface area contributed by atoms with Gasteiger partial charge in [-0.25, -0.2) is 9.48 Å². The smallest absolute Gasteiger partial charge is 0.338 e. The van der Waals surface area contributed by atoms with Crippen LogP contribution in [0.2, 0.25) is 0 Å². The molecule has 1 atom stereocenters. The van der Waals surface area contributed by atoms with Crippen LogP contribution in [0.4, 0.5) is 0 Å². The van der Waals surface area contributed by atoms with E-state index in [1.54, 1.807) is 31.2 Å². The normalized spacial score (nSPS) is 15.9. The Morgan fingerprint density at radius 1 is 1.25 bits per heavy atom. The minimum atomic E-state index is -0.822. The second-order valence-corrected chi connectivity index (χ2v) is 5.84. The fourth-order valence-electron chi connectivity index (χ4n) is 2.70. The molecule has 24 heavy (non-hydrogen) atoms. The fourth-order valence-corrected chi connectivity index (χ4v) is 2.70. The molecule has 0 bridgehead atoms. The standard InChI is InChI=1S/C16H19N5O3/c1-11(15(22)18-13-4-2-3-5-13)24-16(23)12-6-8-14(9-7-12)21-10-17-19-20-21/h6-11,13H,2-5H2,1H3,(H,18,22)/t11-/m0/s1. The number of aromatic nitrogens is 4. The molecule has 0 spiro atoms. The molecule has 1 heterocycles. The highest BCUT2D eigenvalue weighted by atomic mass is 16.5. The maximum atomic E-state index is 12.1. The number of carbonyl (C=O) groups is 2. The predicted octanol–water partition coefficient (Wildman–Crippen LogP) is 1.27. The van der Waals surface area contributed by atoms with Gasteiger partial charge in [-0.2, -0.15) is 0 Å². The maximum absolute atomic E-state index is 12.1. The number of benzene rings is 1. The van der Waals surface area contributed by atoms with Gasteiger partial charge in [0, 0.05) is 6.04 Å².